The van der Waals surface area contributed by atoms with Crippen LogP contribution in [0.2, 0.25) is 0 Å². The Kier molecular flexibility index (Phi) is 4.39. The van der Waals surface area contributed by atoms with Gasteiger partial charge < -0.3 is 14.6 Å². The number of benzene rings is 1. The first-order valence-corrected chi connectivity index (χ1v) is 8.92. The molecule has 2 aromatic rings. The van der Waals surface area contributed by atoms with Crippen molar-refractivity contribution >= 4 is 5.91 Å². The summed E-state index contributed by atoms with van der Waals surface area (Å²) in [6.07, 6.45) is 5.10. The second kappa shape index (κ2) is 6.81. The molecule has 24 heavy (non-hydrogen) atoms. The molecule has 1 aliphatic heterocycles. The summed E-state index contributed by atoms with van der Waals surface area (Å²) in [6.45, 7) is 3.17. The van der Waals surface area contributed by atoms with Crippen LogP contribution in [0.1, 0.15) is 42.5 Å². The van der Waals surface area contributed by atoms with E-state index in [1.54, 1.807) is 6.26 Å². The lowest BCUT2D eigenvalue weighted by Gasteiger charge is -2.25. The molecule has 2 heterocycles. The highest BCUT2D eigenvalue weighted by Gasteiger charge is 2.46. The highest BCUT2D eigenvalue weighted by Crippen LogP contribution is 2.47. The molecule has 2 aliphatic rings. The number of amides is 1. The van der Waals surface area contributed by atoms with Crippen molar-refractivity contribution in [1.29, 1.82) is 0 Å². The minimum absolute atomic E-state index is 0.0564. The Balaban J connectivity index is 1.42. The van der Waals surface area contributed by atoms with Crippen LogP contribution in [0.4, 0.5) is 0 Å². The van der Waals surface area contributed by atoms with Crippen molar-refractivity contribution < 1.29 is 9.21 Å². The highest BCUT2D eigenvalue weighted by atomic mass is 16.3. The molecular formula is C20H24N2O2. The van der Waals surface area contributed by atoms with Gasteiger partial charge in [0, 0.05) is 18.4 Å². The lowest BCUT2D eigenvalue weighted by molar-refractivity contribution is -0.123. The van der Waals surface area contributed by atoms with E-state index in [-0.39, 0.29) is 23.8 Å². The van der Waals surface area contributed by atoms with E-state index in [9.17, 15) is 4.79 Å². The zero-order chi connectivity index (χ0) is 16.4. The molecule has 1 N–H and O–H groups in total. The van der Waals surface area contributed by atoms with Crippen molar-refractivity contribution in [3.63, 3.8) is 0 Å². The molecule has 1 saturated heterocycles. The molecule has 0 radical (unpaired) electrons. The summed E-state index contributed by atoms with van der Waals surface area (Å²) in [6, 6.07) is 14.2. The SMILES string of the molecule is O=C(NC(CN1CCCC1)c1ccccc1)C1CC1c1ccco1. The predicted molar refractivity (Wildman–Crippen MR) is 92.6 cm³/mol. The number of hydrogen-bond acceptors (Lipinski definition) is 3. The molecule has 0 spiro atoms. The van der Waals surface area contributed by atoms with Crippen LogP contribution in [-0.4, -0.2) is 30.4 Å². The van der Waals surface area contributed by atoms with Gasteiger partial charge in [-0.25, -0.2) is 0 Å². The van der Waals surface area contributed by atoms with Crippen molar-refractivity contribution in [3.8, 4) is 0 Å². The van der Waals surface area contributed by atoms with Gasteiger partial charge in [-0.1, -0.05) is 30.3 Å². The summed E-state index contributed by atoms with van der Waals surface area (Å²) in [5.74, 6) is 1.40. The third-order valence-corrected chi connectivity index (χ3v) is 5.19. The first-order valence-electron chi connectivity index (χ1n) is 8.92. The van der Waals surface area contributed by atoms with E-state index in [1.165, 1.54) is 18.4 Å². The van der Waals surface area contributed by atoms with Gasteiger partial charge in [0.1, 0.15) is 5.76 Å². The Labute approximate surface area is 142 Å². The molecule has 3 unspecified atom stereocenters. The Morgan fingerprint density at radius 3 is 2.67 bits per heavy atom. The van der Waals surface area contributed by atoms with E-state index in [0.29, 0.717) is 0 Å². The van der Waals surface area contributed by atoms with E-state index in [1.807, 2.05) is 30.3 Å². The number of nitrogens with one attached hydrogen (secondary N) is 1. The maximum atomic E-state index is 12.7. The molecule has 1 aromatic heterocycles. The zero-order valence-corrected chi connectivity index (χ0v) is 13.9. The molecule has 126 valence electrons. The standard InChI is InChI=1S/C20H24N2O2/c23-20(17-13-16(17)19-9-6-12-24-19)21-18(14-22-10-4-5-11-22)15-7-2-1-3-8-15/h1-3,6-9,12,16-18H,4-5,10-11,13-14H2,(H,21,23). The van der Waals surface area contributed by atoms with Gasteiger partial charge in [-0.05, 0) is 50.0 Å². The van der Waals surface area contributed by atoms with Gasteiger partial charge in [-0.3, -0.25) is 4.79 Å². The molecule has 4 heteroatoms. The highest BCUT2D eigenvalue weighted by molar-refractivity contribution is 5.83. The van der Waals surface area contributed by atoms with Crippen LogP contribution in [0, 0.1) is 5.92 Å². The van der Waals surface area contributed by atoms with E-state index < -0.39 is 0 Å². The normalized spacial score (nSPS) is 24.7. The Morgan fingerprint density at radius 1 is 1.17 bits per heavy atom. The van der Waals surface area contributed by atoms with E-state index in [2.05, 4.69) is 22.3 Å². The van der Waals surface area contributed by atoms with Gasteiger partial charge in [0.2, 0.25) is 5.91 Å². The molecule has 1 amide bonds. The summed E-state index contributed by atoms with van der Waals surface area (Å²) in [4.78, 5) is 15.2. The van der Waals surface area contributed by atoms with Crippen LogP contribution in [0.5, 0.6) is 0 Å². The fourth-order valence-electron chi connectivity index (χ4n) is 3.72. The van der Waals surface area contributed by atoms with Gasteiger partial charge >= 0.3 is 0 Å². The first-order chi connectivity index (χ1) is 11.8. The smallest absolute Gasteiger partial charge is 0.224 e. The molecule has 4 nitrogen and oxygen atoms in total. The average Bonchev–Trinajstić information content (AvgIpc) is 3.02. The minimum Gasteiger partial charge on any atom is -0.469 e. The predicted octanol–water partition coefficient (Wildman–Crippen LogP) is 3.34. The van der Waals surface area contributed by atoms with Crippen LogP contribution in [-0.2, 0) is 4.79 Å². The lowest BCUT2D eigenvalue weighted by Crippen LogP contribution is -2.37. The summed E-state index contributed by atoms with van der Waals surface area (Å²) in [5.41, 5.74) is 1.19. The summed E-state index contributed by atoms with van der Waals surface area (Å²) in [7, 11) is 0. The Morgan fingerprint density at radius 2 is 1.96 bits per heavy atom. The molecule has 1 saturated carbocycles. The number of nitrogens with zero attached hydrogens (tertiary/aromatic N) is 1. The van der Waals surface area contributed by atoms with E-state index >= 15 is 0 Å². The lowest BCUT2D eigenvalue weighted by atomic mass is 10.1. The van der Waals surface area contributed by atoms with Crippen LogP contribution in [0.15, 0.2) is 53.1 Å². The first kappa shape index (κ1) is 15.5. The van der Waals surface area contributed by atoms with Gasteiger partial charge in [0.25, 0.3) is 0 Å². The number of likely N-dealkylation sites (tertiary alicyclic amines) is 1. The number of rotatable bonds is 6. The average molecular weight is 324 g/mol. The third kappa shape index (κ3) is 3.39. The molecule has 1 aliphatic carbocycles. The maximum Gasteiger partial charge on any atom is 0.224 e. The van der Waals surface area contributed by atoms with Gasteiger partial charge in [0.15, 0.2) is 0 Å². The molecular weight excluding hydrogens is 300 g/mol. The van der Waals surface area contributed by atoms with Crippen LogP contribution < -0.4 is 5.32 Å². The summed E-state index contributed by atoms with van der Waals surface area (Å²) < 4.78 is 5.45. The van der Waals surface area contributed by atoms with Crippen molar-refractivity contribution in [2.75, 3.05) is 19.6 Å². The van der Waals surface area contributed by atoms with E-state index in [4.69, 9.17) is 4.42 Å². The van der Waals surface area contributed by atoms with Crippen molar-refractivity contribution in [2.24, 2.45) is 5.92 Å². The number of carbonyl (C=O) groups excluding carboxylic acids is 1. The van der Waals surface area contributed by atoms with E-state index in [0.717, 1.165) is 31.8 Å². The summed E-state index contributed by atoms with van der Waals surface area (Å²) >= 11 is 0. The van der Waals surface area contributed by atoms with Crippen molar-refractivity contribution in [1.82, 2.24) is 10.2 Å². The topological polar surface area (TPSA) is 45.5 Å². The van der Waals surface area contributed by atoms with Crippen molar-refractivity contribution in [3.05, 3.63) is 60.1 Å². The zero-order valence-electron chi connectivity index (χ0n) is 13.9. The molecule has 3 atom stereocenters. The fourth-order valence-corrected chi connectivity index (χ4v) is 3.72. The Bertz CT molecular complexity index is 662. The minimum atomic E-state index is 0.0564. The molecule has 1 aromatic carbocycles. The van der Waals surface area contributed by atoms with Gasteiger partial charge in [-0.2, -0.15) is 0 Å². The third-order valence-electron chi connectivity index (χ3n) is 5.19. The second-order valence-corrected chi connectivity index (χ2v) is 6.94. The maximum absolute atomic E-state index is 12.7. The monoisotopic (exact) mass is 324 g/mol. The number of carbonyl (C=O) groups is 1. The van der Waals surface area contributed by atoms with Crippen LogP contribution in [0.25, 0.3) is 0 Å². The molecule has 0 bridgehead atoms. The van der Waals surface area contributed by atoms with Crippen molar-refractivity contribution in [2.45, 2.75) is 31.2 Å². The molecule has 4 rings (SSSR count). The van der Waals surface area contributed by atoms with Gasteiger partial charge in [0.05, 0.1) is 12.3 Å². The Hall–Kier alpha value is -2.07. The number of hydrogen-bond donors (Lipinski definition) is 1. The summed E-state index contributed by atoms with van der Waals surface area (Å²) in [5, 5.41) is 3.29. The van der Waals surface area contributed by atoms with Crippen LogP contribution in [0.3, 0.4) is 0 Å². The fraction of sp³-hybridized carbons (Fsp3) is 0.450. The van der Waals surface area contributed by atoms with Gasteiger partial charge in [-0.15, -0.1) is 0 Å². The molecule has 2 fully saturated rings. The number of furan rings is 1. The second-order valence-electron chi connectivity index (χ2n) is 6.94. The largest absolute Gasteiger partial charge is 0.469 e. The van der Waals surface area contributed by atoms with Crippen LogP contribution >= 0.6 is 0 Å². The quantitative estimate of drug-likeness (QED) is 0.886.